The van der Waals surface area contributed by atoms with Crippen LogP contribution in [0.3, 0.4) is 0 Å². The molecule has 0 saturated carbocycles. The molecule has 1 aromatic rings. The topological polar surface area (TPSA) is 204 Å². The zero-order chi connectivity index (χ0) is 31.7. The van der Waals surface area contributed by atoms with Gasteiger partial charge in [-0.25, -0.2) is 4.79 Å². The molecule has 0 saturated heterocycles. The second kappa shape index (κ2) is 18.7. The Morgan fingerprint density at radius 3 is 2.21 bits per heavy atom. The van der Waals surface area contributed by atoms with Crippen molar-refractivity contribution in [3.8, 4) is 0 Å². The molecule has 236 valence electrons. The molecule has 1 aromatic carbocycles. The molecule has 42 heavy (non-hydrogen) atoms. The van der Waals surface area contributed by atoms with Crippen molar-refractivity contribution in [2.24, 2.45) is 22.8 Å². The molecular formula is C29H48N6O7. The van der Waals surface area contributed by atoms with Gasteiger partial charge in [-0.05, 0) is 56.7 Å². The Morgan fingerprint density at radius 2 is 1.64 bits per heavy atom. The smallest absolute Gasteiger partial charge is 0.312 e. The molecule has 0 radical (unpaired) electrons. The molecule has 2 atom stereocenters. The molecule has 0 fully saturated rings. The average Bonchev–Trinajstić information content (AvgIpc) is 2.94. The van der Waals surface area contributed by atoms with Crippen LogP contribution in [-0.4, -0.2) is 68.1 Å². The van der Waals surface area contributed by atoms with Crippen LogP contribution in [0, 0.1) is 11.3 Å². The van der Waals surface area contributed by atoms with E-state index in [0.717, 1.165) is 5.56 Å². The Balaban J connectivity index is 2.88. The van der Waals surface area contributed by atoms with Crippen LogP contribution in [0.15, 0.2) is 24.3 Å². The molecule has 1 rings (SSSR count). The van der Waals surface area contributed by atoms with Crippen molar-refractivity contribution in [1.82, 2.24) is 16.0 Å². The molecule has 5 amide bonds. The highest BCUT2D eigenvalue weighted by Crippen LogP contribution is 2.22. The Labute approximate surface area is 248 Å². The Hall–Kier alpha value is -3.71. The molecule has 0 spiro atoms. The second-order valence-electron chi connectivity index (χ2n) is 10.9. The zero-order valence-corrected chi connectivity index (χ0v) is 25.4. The van der Waals surface area contributed by atoms with E-state index in [0.29, 0.717) is 31.7 Å². The predicted molar refractivity (Wildman–Crippen MR) is 159 cm³/mol. The van der Waals surface area contributed by atoms with Crippen molar-refractivity contribution in [3.63, 3.8) is 0 Å². The summed E-state index contributed by atoms with van der Waals surface area (Å²) in [4.78, 5) is 62.0. The first kappa shape index (κ1) is 36.3. The lowest BCUT2D eigenvalue weighted by Gasteiger charge is -2.25. The average molecular weight is 593 g/mol. The van der Waals surface area contributed by atoms with Gasteiger partial charge in [0, 0.05) is 25.2 Å². The minimum absolute atomic E-state index is 0.0603. The number of primary amides is 1. The van der Waals surface area contributed by atoms with Crippen LogP contribution >= 0.6 is 0 Å². The highest BCUT2D eigenvalue weighted by atomic mass is 16.5. The van der Waals surface area contributed by atoms with E-state index in [4.69, 9.17) is 20.9 Å². The SMILES string of the molecule is CCC(C)(C)C(=O)OCc1ccc(NC(=O)[C@H](CCCNC(N)=O)NC(=O)[C@@H](NC(=O)CCOCCN)C(C)C)cc1. The summed E-state index contributed by atoms with van der Waals surface area (Å²) in [7, 11) is 0. The summed E-state index contributed by atoms with van der Waals surface area (Å²) in [5.74, 6) is -1.91. The fourth-order valence-electron chi connectivity index (χ4n) is 3.58. The van der Waals surface area contributed by atoms with Crippen LogP contribution in [0.4, 0.5) is 10.5 Å². The Morgan fingerprint density at radius 1 is 0.976 bits per heavy atom. The van der Waals surface area contributed by atoms with E-state index < -0.39 is 35.3 Å². The Bertz CT molecular complexity index is 1030. The molecule has 8 N–H and O–H groups in total. The molecular weight excluding hydrogens is 544 g/mol. The van der Waals surface area contributed by atoms with Crippen LogP contribution < -0.4 is 32.7 Å². The maximum atomic E-state index is 13.2. The number of carbonyl (C=O) groups is 5. The standard InChI is InChI=1S/C29H48N6O7/c1-6-29(4,5)27(39)42-18-20-9-11-21(12-10-20)33-25(37)22(8-7-15-32-28(31)40)34-26(38)24(19(2)3)35-23(36)13-16-41-17-14-30/h9-12,19,22,24H,6-8,13-18,30H2,1-5H3,(H,33,37)(H,34,38)(H,35,36)(H3,31,32,40)/t22-,24-/m0/s1. The van der Waals surface area contributed by atoms with E-state index in [2.05, 4.69) is 21.3 Å². The first-order valence-electron chi connectivity index (χ1n) is 14.3. The Kier molecular flexibility index (Phi) is 16.1. The number of amides is 5. The highest BCUT2D eigenvalue weighted by molar-refractivity contribution is 5.98. The summed E-state index contributed by atoms with van der Waals surface area (Å²) in [5, 5.41) is 10.7. The van der Waals surface area contributed by atoms with Crippen LogP contribution in [0.1, 0.15) is 65.9 Å². The van der Waals surface area contributed by atoms with Crippen LogP contribution in [0.5, 0.6) is 0 Å². The quantitative estimate of drug-likeness (QED) is 0.102. The van der Waals surface area contributed by atoms with Crippen LogP contribution in [0.2, 0.25) is 0 Å². The summed E-state index contributed by atoms with van der Waals surface area (Å²) in [5.41, 5.74) is 11.1. The van der Waals surface area contributed by atoms with Crippen molar-refractivity contribution in [2.45, 2.75) is 79.0 Å². The van der Waals surface area contributed by atoms with Crippen molar-refractivity contribution in [3.05, 3.63) is 29.8 Å². The van der Waals surface area contributed by atoms with Gasteiger partial charge in [0.05, 0.1) is 18.6 Å². The van der Waals surface area contributed by atoms with Crippen molar-refractivity contribution >= 4 is 35.4 Å². The number of anilines is 1. The lowest BCUT2D eigenvalue weighted by atomic mass is 9.91. The van der Waals surface area contributed by atoms with Gasteiger partial charge in [0.25, 0.3) is 0 Å². The lowest BCUT2D eigenvalue weighted by Crippen LogP contribution is -2.54. The van der Waals surface area contributed by atoms with Crippen LogP contribution in [0.25, 0.3) is 0 Å². The summed E-state index contributed by atoms with van der Waals surface area (Å²) >= 11 is 0. The summed E-state index contributed by atoms with van der Waals surface area (Å²) in [6.45, 7) is 10.3. The van der Waals surface area contributed by atoms with Crippen molar-refractivity contribution in [2.75, 3.05) is 31.6 Å². The number of urea groups is 1. The fraction of sp³-hybridized carbons (Fsp3) is 0.621. The monoisotopic (exact) mass is 592 g/mol. The molecule has 0 aliphatic heterocycles. The van der Waals surface area contributed by atoms with Gasteiger partial charge in [-0.3, -0.25) is 19.2 Å². The maximum Gasteiger partial charge on any atom is 0.312 e. The number of esters is 1. The second-order valence-corrected chi connectivity index (χ2v) is 10.9. The summed E-state index contributed by atoms with van der Waals surface area (Å²) < 4.78 is 10.6. The molecule has 0 aromatic heterocycles. The van der Waals surface area contributed by atoms with Gasteiger partial charge in [0.2, 0.25) is 17.7 Å². The summed E-state index contributed by atoms with van der Waals surface area (Å²) in [6.07, 6.45) is 1.27. The largest absolute Gasteiger partial charge is 0.460 e. The molecule has 0 aliphatic rings. The molecule has 13 heteroatoms. The van der Waals surface area contributed by atoms with Crippen molar-refractivity contribution < 1.29 is 33.4 Å². The van der Waals surface area contributed by atoms with E-state index >= 15 is 0 Å². The molecule has 0 bridgehead atoms. The number of benzene rings is 1. The van der Waals surface area contributed by atoms with Gasteiger partial charge in [-0.15, -0.1) is 0 Å². The third-order valence-corrected chi connectivity index (χ3v) is 6.63. The molecule has 0 aliphatic carbocycles. The van der Waals surface area contributed by atoms with Gasteiger partial charge in [0.15, 0.2) is 0 Å². The number of nitrogens with two attached hydrogens (primary N) is 2. The lowest BCUT2D eigenvalue weighted by molar-refractivity contribution is -0.155. The van der Waals surface area contributed by atoms with Gasteiger partial charge < -0.3 is 42.2 Å². The zero-order valence-electron chi connectivity index (χ0n) is 25.4. The number of nitrogens with one attached hydrogen (secondary N) is 4. The van der Waals surface area contributed by atoms with Gasteiger partial charge in [-0.1, -0.05) is 32.9 Å². The fourth-order valence-corrected chi connectivity index (χ4v) is 3.58. The first-order valence-corrected chi connectivity index (χ1v) is 14.3. The summed E-state index contributed by atoms with van der Waals surface area (Å²) in [6, 6.07) is 4.26. The number of hydrogen-bond donors (Lipinski definition) is 6. The van der Waals surface area contributed by atoms with E-state index in [1.165, 1.54) is 0 Å². The van der Waals surface area contributed by atoms with Gasteiger partial charge >= 0.3 is 12.0 Å². The molecule has 13 nitrogen and oxygen atoms in total. The molecule has 0 heterocycles. The minimum Gasteiger partial charge on any atom is -0.460 e. The number of hydrogen-bond acceptors (Lipinski definition) is 8. The van der Waals surface area contributed by atoms with E-state index in [1.54, 1.807) is 38.1 Å². The van der Waals surface area contributed by atoms with E-state index in [1.807, 2.05) is 20.8 Å². The first-order chi connectivity index (χ1) is 19.8. The minimum atomic E-state index is -0.963. The third-order valence-electron chi connectivity index (χ3n) is 6.63. The predicted octanol–water partition coefficient (Wildman–Crippen LogP) is 1.54. The number of ether oxygens (including phenoxy) is 2. The maximum absolute atomic E-state index is 13.2. The third kappa shape index (κ3) is 13.8. The van der Waals surface area contributed by atoms with E-state index in [-0.39, 0.29) is 50.4 Å². The van der Waals surface area contributed by atoms with Gasteiger partial charge in [-0.2, -0.15) is 0 Å². The molecule has 0 unspecified atom stereocenters. The van der Waals surface area contributed by atoms with Gasteiger partial charge in [0.1, 0.15) is 18.7 Å². The van der Waals surface area contributed by atoms with E-state index in [9.17, 15) is 24.0 Å². The number of rotatable bonds is 19. The van der Waals surface area contributed by atoms with Crippen LogP contribution in [-0.2, 0) is 35.3 Å². The van der Waals surface area contributed by atoms with Crippen molar-refractivity contribution in [1.29, 1.82) is 0 Å². The normalized spacial score (nSPS) is 12.6. The highest BCUT2D eigenvalue weighted by Gasteiger charge is 2.29. The number of carbonyl (C=O) groups excluding carboxylic acids is 5.